The van der Waals surface area contributed by atoms with Gasteiger partial charge in [-0.25, -0.2) is 4.98 Å². The van der Waals surface area contributed by atoms with Crippen molar-refractivity contribution in [2.45, 2.75) is 32.3 Å². The van der Waals surface area contributed by atoms with E-state index in [1.54, 1.807) is 0 Å². The van der Waals surface area contributed by atoms with Gasteiger partial charge in [-0.15, -0.1) is 0 Å². The van der Waals surface area contributed by atoms with Crippen LogP contribution in [0.3, 0.4) is 0 Å². The number of rotatable bonds is 6. The van der Waals surface area contributed by atoms with Crippen molar-refractivity contribution in [3.8, 4) is 5.75 Å². The summed E-state index contributed by atoms with van der Waals surface area (Å²) >= 11 is 0. The summed E-state index contributed by atoms with van der Waals surface area (Å²) in [5, 5.41) is 10.4. The van der Waals surface area contributed by atoms with Gasteiger partial charge in [0.05, 0.1) is 0 Å². The third-order valence-electron chi connectivity index (χ3n) is 4.94. The first-order chi connectivity index (χ1) is 12.9. The summed E-state index contributed by atoms with van der Waals surface area (Å²) in [5.74, 6) is 1.89. The molecule has 1 fully saturated rings. The van der Waals surface area contributed by atoms with Gasteiger partial charge in [-0.2, -0.15) is 0 Å². The number of hydrogen-bond acceptors (Lipinski definition) is 5. The quantitative estimate of drug-likeness (QED) is 0.848. The summed E-state index contributed by atoms with van der Waals surface area (Å²) in [7, 11) is 0. The van der Waals surface area contributed by atoms with Crippen LogP contribution in [0.4, 0.5) is 5.82 Å². The first-order valence-electron chi connectivity index (χ1n) is 9.72. The van der Waals surface area contributed by atoms with Gasteiger partial charge < -0.3 is 14.7 Å². The van der Waals surface area contributed by atoms with Crippen LogP contribution in [-0.4, -0.2) is 60.4 Å². The number of ether oxygens (including phenoxy) is 1. The Morgan fingerprint density at radius 1 is 1.04 bits per heavy atom. The van der Waals surface area contributed by atoms with E-state index in [0.717, 1.165) is 37.7 Å². The Morgan fingerprint density at radius 3 is 2.41 bits per heavy atom. The molecule has 5 nitrogen and oxygen atoms in total. The molecule has 1 aromatic heterocycles. The summed E-state index contributed by atoms with van der Waals surface area (Å²) in [5.41, 5.74) is 1.18. The van der Waals surface area contributed by atoms with E-state index in [-0.39, 0.29) is 5.41 Å². The second-order valence-corrected chi connectivity index (χ2v) is 8.19. The lowest BCUT2D eigenvalue weighted by Crippen LogP contribution is -2.49. The van der Waals surface area contributed by atoms with Gasteiger partial charge in [-0.1, -0.05) is 45.0 Å². The molecule has 1 aromatic carbocycles. The lowest BCUT2D eigenvalue weighted by atomic mass is 9.86. The fourth-order valence-electron chi connectivity index (χ4n) is 3.45. The average Bonchev–Trinajstić information content (AvgIpc) is 2.67. The number of pyridine rings is 1. The highest BCUT2D eigenvalue weighted by molar-refractivity contribution is 5.39. The molecule has 1 N–H and O–H groups in total. The molecule has 0 radical (unpaired) electrons. The number of β-amino-alcohol motifs (C(OH)–C–C–N with tert-alkyl or cyclic N) is 1. The van der Waals surface area contributed by atoms with Crippen molar-refractivity contribution in [1.82, 2.24) is 9.88 Å². The van der Waals surface area contributed by atoms with Crippen LogP contribution in [0.15, 0.2) is 48.7 Å². The molecule has 1 aliphatic heterocycles. The van der Waals surface area contributed by atoms with Crippen molar-refractivity contribution in [2.24, 2.45) is 0 Å². The van der Waals surface area contributed by atoms with Crippen LogP contribution in [0.2, 0.25) is 0 Å². The van der Waals surface area contributed by atoms with Crippen molar-refractivity contribution in [3.63, 3.8) is 0 Å². The molecule has 0 saturated carbocycles. The van der Waals surface area contributed by atoms with Crippen molar-refractivity contribution >= 4 is 5.82 Å². The Morgan fingerprint density at radius 2 is 1.74 bits per heavy atom. The first kappa shape index (κ1) is 19.6. The molecule has 0 spiro atoms. The average molecular weight is 370 g/mol. The monoisotopic (exact) mass is 369 g/mol. The van der Waals surface area contributed by atoms with Gasteiger partial charge in [0.1, 0.15) is 24.3 Å². The topological polar surface area (TPSA) is 48.8 Å². The third-order valence-corrected chi connectivity index (χ3v) is 4.94. The number of aromatic nitrogens is 1. The maximum Gasteiger partial charge on any atom is 0.128 e. The van der Waals surface area contributed by atoms with Gasteiger partial charge >= 0.3 is 0 Å². The van der Waals surface area contributed by atoms with E-state index in [2.05, 4.69) is 41.6 Å². The zero-order valence-electron chi connectivity index (χ0n) is 16.6. The molecule has 0 unspecified atom stereocenters. The molecule has 0 amide bonds. The maximum atomic E-state index is 10.4. The van der Waals surface area contributed by atoms with Crippen LogP contribution in [0.5, 0.6) is 5.75 Å². The van der Waals surface area contributed by atoms with Crippen molar-refractivity contribution < 1.29 is 9.84 Å². The van der Waals surface area contributed by atoms with Crippen molar-refractivity contribution in [3.05, 3.63) is 54.2 Å². The number of nitrogens with zero attached hydrogens (tertiary/aromatic N) is 3. The minimum absolute atomic E-state index is 0.0172. The van der Waals surface area contributed by atoms with Gasteiger partial charge in [0.25, 0.3) is 0 Å². The number of aliphatic hydroxyl groups excluding tert-OH is 1. The van der Waals surface area contributed by atoms with E-state index < -0.39 is 6.10 Å². The van der Waals surface area contributed by atoms with E-state index in [1.165, 1.54) is 5.56 Å². The summed E-state index contributed by atoms with van der Waals surface area (Å²) in [6.45, 7) is 11.2. The van der Waals surface area contributed by atoms with Gasteiger partial charge in [-0.3, -0.25) is 4.90 Å². The highest BCUT2D eigenvalue weighted by atomic mass is 16.5. The van der Waals surface area contributed by atoms with Crippen molar-refractivity contribution in [2.75, 3.05) is 44.2 Å². The maximum absolute atomic E-state index is 10.4. The highest BCUT2D eigenvalue weighted by Crippen LogP contribution is 2.31. The number of piperazine rings is 1. The van der Waals surface area contributed by atoms with Crippen LogP contribution >= 0.6 is 0 Å². The van der Waals surface area contributed by atoms with E-state index in [9.17, 15) is 5.11 Å². The van der Waals surface area contributed by atoms with E-state index in [0.29, 0.717) is 13.2 Å². The highest BCUT2D eigenvalue weighted by Gasteiger charge is 2.22. The first-order valence-corrected chi connectivity index (χ1v) is 9.72. The van der Waals surface area contributed by atoms with E-state index in [4.69, 9.17) is 4.74 Å². The molecule has 1 atom stereocenters. The minimum atomic E-state index is -0.501. The fourth-order valence-corrected chi connectivity index (χ4v) is 3.45. The number of para-hydroxylation sites is 1. The van der Waals surface area contributed by atoms with E-state index in [1.807, 2.05) is 42.6 Å². The minimum Gasteiger partial charge on any atom is -0.491 e. The predicted molar refractivity (Wildman–Crippen MR) is 110 cm³/mol. The summed E-state index contributed by atoms with van der Waals surface area (Å²) in [6.07, 6.45) is 1.33. The molecule has 5 heteroatoms. The SMILES string of the molecule is CC(C)(C)c1ccccc1OC[C@@H](O)CN1CCN(c2ccccn2)CC1. The molecule has 146 valence electrons. The number of aliphatic hydroxyl groups is 1. The molecule has 3 rings (SSSR count). The fraction of sp³-hybridized carbons (Fsp3) is 0.500. The number of benzene rings is 1. The Labute approximate surface area is 162 Å². The Bertz CT molecular complexity index is 707. The molecular weight excluding hydrogens is 338 g/mol. The van der Waals surface area contributed by atoms with Gasteiger partial charge in [-0.05, 0) is 29.2 Å². The number of anilines is 1. The molecule has 0 bridgehead atoms. The summed E-state index contributed by atoms with van der Waals surface area (Å²) < 4.78 is 5.96. The normalized spacial score (nSPS) is 17.0. The third kappa shape index (κ3) is 5.44. The van der Waals surface area contributed by atoms with Crippen LogP contribution in [0.25, 0.3) is 0 Å². The Kier molecular flexibility index (Phi) is 6.34. The second kappa shape index (κ2) is 8.72. The second-order valence-electron chi connectivity index (χ2n) is 8.19. The molecule has 1 aliphatic rings. The molecule has 27 heavy (non-hydrogen) atoms. The lowest BCUT2D eigenvalue weighted by molar-refractivity contribution is 0.0656. The van der Waals surface area contributed by atoms with Gasteiger partial charge in [0.2, 0.25) is 0 Å². The van der Waals surface area contributed by atoms with Gasteiger partial charge in [0.15, 0.2) is 0 Å². The molecule has 0 aliphatic carbocycles. The molecule has 2 heterocycles. The summed E-state index contributed by atoms with van der Waals surface area (Å²) in [6, 6.07) is 14.1. The zero-order valence-corrected chi connectivity index (χ0v) is 16.6. The largest absolute Gasteiger partial charge is 0.491 e. The van der Waals surface area contributed by atoms with Crippen LogP contribution in [-0.2, 0) is 5.41 Å². The number of hydrogen-bond donors (Lipinski definition) is 1. The summed E-state index contributed by atoms with van der Waals surface area (Å²) in [4.78, 5) is 9.00. The van der Waals surface area contributed by atoms with Crippen LogP contribution in [0.1, 0.15) is 26.3 Å². The van der Waals surface area contributed by atoms with Crippen LogP contribution in [0, 0.1) is 0 Å². The predicted octanol–water partition coefficient (Wildman–Crippen LogP) is 2.94. The Balaban J connectivity index is 1.46. The lowest BCUT2D eigenvalue weighted by Gasteiger charge is -2.36. The van der Waals surface area contributed by atoms with E-state index >= 15 is 0 Å². The van der Waals surface area contributed by atoms with Crippen molar-refractivity contribution in [1.29, 1.82) is 0 Å². The molecular formula is C22H31N3O2. The van der Waals surface area contributed by atoms with Crippen LogP contribution < -0.4 is 9.64 Å². The Hall–Kier alpha value is -2.11. The smallest absolute Gasteiger partial charge is 0.128 e. The molecule has 1 saturated heterocycles. The standard InChI is InChI=1S/C22H31N3O2/c1-22(2,3)19-8-4-5-9-20(19)27-17-18(26)16-24-12-14-25(15-13-24)21-10-6-7-11-23-21/h4-11,18,26H,12-17H2,1-3H3/t18-/m0/s1. The zero-order chi connectivity index (χ0) is 19.3. The van der Waals surface area contributed by atoms with Gasteiger partial charge in [0, 0.05) is 38.9 Å². The molecule has 2 aromatic rings.